The Balaban J connectivity index is 2.12. The van der Waals surface area contributed by atoms with E-state index >= 15 is 0 Å². The molecular weight excluding hydrogens is 278 g/mol. The minimum atomic E-state index is 0.439. The number of hydrogen-bond donors (Lipinski definition) is 1. The van der Waals surface area contributed by atoms with Gasteiger partial charge >= 0.3 is 0 Å². The van der Waals surface area contributed by atoms with Crippen LogP contribution in [0.1, 0.15) is 19.7 Å². The van der Waals surface area contributed by atoms with Crippen LogP contribution in [0.25, 0.3) is 11.4 Å². The fraction of sp³-hybridized carbons (Fsp3) is 0.429. The first-order valence-corrected chi connectivity index (χ1v) is 6.88. The molecule has 0 aliphatic rings. The van der Waals surface area contributed by atoms with E-state index in [1.807, 2.05) is 6.07 Å². The van der Waals surface area contributed by atoms with E-state index in [2.05, 4.69) is 29.3 Å². The molecule has 0 aliphatic carbocycles. The maximum absolute atomic E-state index is 5.93. The Bertz CT molecular complexity index is 569. The van der Waals surface area contributed by atoms with Gasteiger partial charge < -0.3 is 14.6 Å². The first-order chi connectivity index (χ1) is 9.60. The van der Waals surface area contributed by atoms with Crippen LogP contribution in [-0.2, 0) is 6.42 Å². The third-order valence-electron chi connectivity index (χ3n) is 2.76. The number of hydrogen-bond acceptors (Lipinski definition) is 5. The predicted octanol–water partition coefficient (Wildman–Crippen LogP) is 2.94. The number of nitrogens with zero attached hydrogens (tertiary/aromatic N) is 2. The summed E-state index contributed by atoms with van der Waals surface area (Å²) in [6.45, 7) is 4.99. The van der Waals surface area contributed by atoms with Crippen LogP contribution in [0.2, 0.25) is 5.02 Å². The van der Waals surface area contributed by atoms with Crippen LogP contribution in [0.4, 0.5) is 0 Å². The van der Waals surface area contributed by atoms with Crippen LogP contribution < -0.4 is 10.1 Å². The lowest BCUT2D eigenvalue weighted by Gasteiger charge is -2.05. The SMILES string of the molecule is COc1cc(Cl)ccc1-c1noc(CCNC(C)C)n1. The summed E-state index contributed by atoms with van der Waals surface area (Å²) in [6, 6.07) is 5.76. The van der Waals surface area contributed by atoms with E-state index in [4.69, 9.17) is 20.9 Å². The van der Waals surface area contributed by atoms with Crippen molar-refractivity contribution in [3.8, 4) is 17.1 Å². The van der Waals surface area contributed by atoms with E-state index in [-0.39, 0.29) is 0 Å². The molecule has 0 bridgehead atoms. The number of methoxy groups -OCH3 is 1. The van der Waals surface area contributed by atoms with Gasteiger partial charge in [-0.1, -0.05) is 30.6 Å². The fourth-order valence-electron chi connectivity index (χ4n) is 1.78. The summed E-state index contributed by atoms with van der Waals surface area (Å²) in [5.41, 5.74) is 0.767. The highest BCUT2D eigenvalue weighted by atomic mass is 35.5. The minimum absolute atomic E-state index is 0.439. The molecule has 0 spiro atoms. The van der Waals surface area contributed by atoms with E-state index < -0.39 is 0 Å². The lowest BCUT2D eigenvalue weighted by molar-refractivity contribution is 0.374. The highest BCUT2D eigenvalue weighted by molar-refractivity contribution is 6.30. The quantitative estimate of drug-likeness (QED) is 0.888. The molecule has 0 saturated heterocycles. The van der Waals surface area contributed by atoms with Crippen molar-refractivity contribution < 1.29 is 9.26 Å². The number of benzene rings is 1. The Morgan fingerprint density at radius 1 is 1.40 bits per heavy atom. The summed E-state index contributed by atoms with van der Waals surface area (Å²) >= 11 is 5.93. The predicted molar refractivity (Wildman–Crippen MR) is 78.1 cm³/mol. The summed E-state index contributed by atoms with van der Waals surface area (Å²) < 4.78 is 10.5. The van der Waals surface area contributed by atoms with Crippen molar-refractivity contribution in [2.45, 2.75) is 26.3 Å². The van der Waals surface area contributed by atoms with E-state index in [1.54, 1.807) is 19.2 Å². The smallest absolute Gasteiger partial charge is 0.228 e. The van der Waals surface area contributed by atoms with Gasteiger partial charge in [0.25, 0.3) is 0 Å². The monoisotopic (exact) mass is 295 g/mol. The van der Waals surface area contributed by atoms with Crippen LogP contribution >= 0.6 is 11.6 Å². The zero-order valence-corrected chi connectivity index (χ0v) is 12.6. The van der Waals surface area contributed by atoms with Crippen LogP contribution in [-0.4, -0.2) is 29.8 Å². The molecule has 2 rings (SSSR count). The molecule has 0 saturated carbocycles. The van der Waals surface area contributed by atoms with Crippen LogP contribution in [0.5, 0.6) is 5.75 Å². The summed E-state index contributed by atoms with van der Waals surface area (Å²) in [5, 5.41) is 7.90. The van der Waals surface area contributed by atoms with Crippen molar-refractivity contribution in [3.05, 3.63) is 29.1 Å². The maximum Gasteiger partial charge on any atom is 0.228 e. The first-order valence-electron chi connectivity index (χ1n) is 6.50. The Morgan fingerprint density at radius 2 is 2.20 bits per heavy atom. The summed E-state index contributed by atoms with van der Waals surface area (Å²) in [4.78, 5) is 4.37. The number of rotatable bonds is 6. The Kier molecular flexibility index (Phi) is 4.98. The van der Waals surface area contributed by atoms with Gasteiger partial charge in [0.2, 0.25) is 11.7 Å². The van der Waals surface area contributed by atoms with E-state index in [1.165, 1.54) is 0 Å². The van der Waals surface area contributed by atoms with Crippen molar-refractivity contribution in [1.82, 2.24) is 15.5 Å². The molecule has 0 aliphatic heterocycles. The zero-order valence-electron chi connectivity index (χ0n) is 11.8. The molecule has 108 valence electrons. The molecule has 0 fully saturated rings. The Hall–Kier alpha value is -1.59. The molecule has 0 unspecified atom stereocenters. The van der Waals surface area contributed by atoms with Crippen molar-refractivity contribution >= 4 is 11.6 Å². The van der Waals surface area contributed by atoms with E-state index in [0.717, 1.165) is 12.1 Å². The highest BCUT2D eigenvalue weighted by Gasteiger charge is 2.13. The van der Waals surface area contributed by atoms with E-state index in [9.17, 15) is 0 Å². The second kappa shape index (κ2) is 6.72. The summed E-state index contributed by atoms with van der Waals surface area (Å²) in [6.07, 6.45) is 0.696. The number of ether oxygens (including phenoxy) is 1. The summed E-state index contributed by atoms with van der Waals surface area (Å²) in [7, 11) is 1.59. The van der Waals surface area contributed by atoms with Gasteiger partial charge in [-0.15, -0.1) is 0 Å². The molecule has 0 atom stereocenters. The third kappa shape index (κ3) is 3.71. The first kappa shape index (κ1) is 14.8. The van der Waals surface area contributed by atoms with Gasteiger partial charge in [0.05, 0.1) is 12.7 Å². The Morgan fingerprint density at radius 3 is 2.90 bits per heavy atom. The van der Waals surface area contributed by atoms with Crippen molar-refractivity contribution in [3.63, 3.8) is 0 Å². The van der Waals surface area contributed by atoms with Gasteiger partial charge in [-0.25, -0.2) is 0 Å². The molecule has 1 N–H and O–H groups in total. The maximum atomic E-state index is 5.93. The third-order valence-corrected chi connectivity index (χ3v) is 3.00. The standard InChI is InChI=1S/C14H18ClN3O2/c1-9(2)16-7-6-13-17-14(18-20-13)11-5-4-10(15)8-12(11)19-3/h4-5,8-9,16H,6-7H2,1-3H3. The van der Waals surface area contributed by atoms with Crippen molar-refractivity contribution in [2.24, 2.45) is 0 Å². The lowest BCUT2D eigenvalue weighted by Crippen LogP contribution is -2.25. The van der Waals surface area contributed by atoms with Gasteiger partial charge in [-0.05, 0) is 18.2 Å². The average molecular weight is 296 g/mol. The number of halogens is 1. The number of nitrogens with one attached hydrogen (secondary N) is 1. The van der Waals surface area contributed by atoms with E-state index in [0.29, 0.717) is 34.9 Å². The minimum Gasteiger partial charge on any atom is -0.496 e. The topological polar surface area (TPSA) is 60.2 Å². The van der Waals surface area contributed by atoms with Gasteiger partial charge in [0, 0.05) is 24.0 Å². The highest BCUT2D eigenvalue weighted by Crippen LogP contribution is 2.30. The van der Waals surface area contributed by atoms with Crippen LogP contribution in [0.3, 0.4) is 0 Å². The molecule has 2 aromatic rings. The van der Waals surface area contributed by atoms with Gasteiger partial charge in [-0.2, -0.15) is 4.98 Å². The second-order valence-corrected chi connectivity index (χ2v) is 5.15. The van der Waals surface area contributed by atoms with Crippen molar-refractivity contribution in [1.29, 1.82) is 0 Å². The van der Waals surface area contributed by atoms with Crippen LogP contribution in [0, 0.1) is 0 Å². The largest absolute Gasteiger partial charge is 0.496 e. The van der Waals surface area contributed by atoms with Crippen LogP contribution in [0.15, 0.2) is 22.7 Å². The molecule has 6 heteroatoms. The lowest BCUT2D eigenvalue weighted by atomic mass is 10.2. The molecule has 1 aromatic carbocycles. The second-order valence-electron chi connectivity index (χ2n) is 4.72. The normalized spacial score (nSPS) is 11.1. The average Bonchev–Trinajstić information content (AvgIpc) is 2.86. The molecule has 5 nitrogen and oxygen atoms in total. The van der Waals surface area contributed by atoms with Gasteiger partial charge in [0.15, 0.2) is 0 Å². The Labute approximate surface area is 123 Å². The summed E-state index contributed by atoms with van der Waals surface area (Å²) in [5.74, 6) is 1.74. The zero-order chi connectivity index (χ0) is 14.5. The van der Waals surface area contributed by atoms with Crippen molar-refractivity contribution in [2.75, 3.05) is 13.7 Å². The van der Waals surface area contributed by atoms with Gasteiger partial charge in [0.1, 0.15) is 5.75 Å². The molecule has 1 aromatic heterocycles. The fourth-order valence-corrected chi connectivity index (χ4v) is 1.95. The molecular formula is C14H18ClN3O2. The molecule has 1 heterocycles. The number of aromatic nitrogens is 2. The molecule has 20 heavy (non-hydrogen) atoms. The molecule has 0 radical (unpaired) electrons. The van der Waals surface area contributed by atoms with Gasteiger partial charge in [-0.3, -0.25) is 0 Å². The molecule has 0 amide bonds.